The summed E-state index contributed by atoms with van der Waals surface area (Å²) in [7, 11) is 0. The Kier molecular flexibility index (Phi) is 8.68. The van der Waals surface area contributed by atoms with Crippen molar-refractivity contribution in [2.75, 3.05) is 0 Å². The van der Waals surface area contributed by atoms with Crippen LogP contribution in [0.25, 0.3) is 0 Å². The molecule has 0 bridgehead atoms. The summed E-state index contributed by atoms with van der Waals surface area (Å²) in [6, 6.07) is 2.05. The van der Waals surface area contributed by atoms with Gasteiger partial charge in [-0.2, -0.15) is 0 Å². The van der Waals surface area contributed by atoms with Crippen LogP contribution in [0.2, 0.25) is 0 Å². The van der Waals surface area contributed by atoms with E-state index in [9.17, 15) is 0 Å². The third-order valence-corrected chi connectivity index (χ3v) is 5.35. The number of hydrogen-bond donors (Lipinski definition) is 3. The summed E-state index contributed by atoms with van der Waals surface area (Å²) in [5.41, 5.74) is 12.7. The maximum Gasteiger partial charge on any atom is 0.0213 e. The normalized spacial score (nSPS) is 26.1. The first-order chi connectivity index (χ1) is 10.3. The van der Waals surface area contributed by atoms with Crippen molar-refractivity contribution in [3.05, 3.63) is 0 Å². The van der Waals surface area contributed by atoms with Crippen molar-refractivity contribution in [2.24, 2.45) is 5.73 Å². The van der Waals surface area contributed by atoms with Crippen molar-refractivity contribution in [2.45, 2.75) is 114 Å². The Morgan fingerprint density at radius 3 is 1.14 bits per heavy atom. The number of rotatable bonds is 3. The van der Waals surface area contributed by atoms with Gasteiger partial charge in [0.25, 0.3) is 0 Å². The van der Waals surface area contributed by atoms with Crippen LogP contribution in [0, 0.1) is 0 Å². The highest BCUT2D eigenvalue weighted by Gasteiger charge is 2.16. The number of nitrogens with two attached hydrogens (primary N) is 1. The minimum absolute atomic E-state index is 0. The van der Waals surface area contributed by atoms with Gasteiger partial charge in [0, 0.05) is 21.0 Å². The van der Waals surface area contributed by atoms with Gasteiger partial charge in [-0.05, 0) is 38.5 Å². The predicted molar refractivity (Wildman–Crippen MR) is 95.3 cm³/mol. The Morgan fingerprint density at radius 2 is 0.857 bits per heavy atom. The maximum absolute atomic E-state index is 5.63. The van der Waals surface area contributed by atoms with Crippen molar-refractivity contribution in [1.29, 1.82) is 0 Å². The van der Waals surface area contributed by atoms with E-state index in [1.165, 1.54) is 96.3 Å². The van der Waals surface area contributed by atoms with Crippen LogP contribution < -0.4 is 16.6 Å². The highest BCUT2D eigenvalue weighted by Crippen LogP contribution is 2.19. The summed E-state index contributed by atoms with van der Waals surface area (Å²) in [6.45, 7) is 0. The zero-order chi connectivity index (χ0) is 14.8. The van der Waals surface area contributed by atoms with E-state index >= 15 is 0 Å². The van der Waals surface area contributed by atoms with Crippen LogP contribution in [-0.4, -0.2) is 18.1 Å². The van der Waals surface area contributed by atoms with Gasteiger partial charge >= 0.3 is 0 Å². The molecule has 0 aromatic carbocycles. The Morgan fingerprint density at radius 1 is 0.524 bits per heavy atom. The summed E-state index contributed by atoms with van der Waals surface area (Å²) < 4.78 is 0. The summed E-state index contributed by atoms with van der Waals surface area (Å²) in [5, 5.41) is 0. The number of hydrazine groups is 1. The van der Waals surface area contributed by atoms with Gasteiger partial charge in [-0.3, -0.25) is 10.9 Å². The van der Waals surface area contributed by atoms with E-state index in [1.807, 2.05) is 0 Å². The fraction of sp³-hybridized carbons (Fsp3) is 1.00. The van der Waals surface area contributed by atoms with E-state index < -0.39 is 0 Å². The maximum atomic E-state index is 5.63. The molecule has 4 N–H and O–H groups in total. The SMILES string of the molecule is C1CCC(NNC2CCCCC2)CC1.NC1CCCCC1.[HH].[HH]. The van der Waals surface area contributed by atoms with Crippen molar-refractivity contribution in [1.82, 2.24) is 10.9 Å². The Balaban J connectivity index is 0.000000463. The lowest BCUT2D eigenvalue weighted by Gasteiger charge is -2.28. The molecular formula is C18H41N3. The molecule has 0 radical (unpaired) electrons. The lowest BCUT2D eigenvalue weighted by molar-refractivity contribution is 0.273. The molecule has 0 unspecified atom stereocenters. The van der Waals surface area contributed by atoms with Gasteiger partial charge < -0.3 is 5.73 Å². The highest BCUT2D eigenvalue weighted by atomic mass is 15.4. The molecule has 0 atom stereocenters. The summed E-state index contributed by atoms with van der Waals surface area (Å²) in [4.78, 5) is 0. The van der Waals surface area contributed by atoms with Crippen molar-refractivity contribution >= 4 is 0 Å². The number of hydrogen-bond acceptors (Lipinski definition) is 3. The van der Waals surface area contributed by atoms with E-state index in [1.54, 1.807) is 0 Å². The smallest absolute Gasteiger partial charge is 0.0213 e. The second-order valence-corrected chi connectivity index (χ2v) is 7.36. The Hall–Kier alpha value is -0.120. The first-order valence-corrected chi connectivity index (χ1v) is 9.61. The highest BCUT2D eigenvalue weighted by molar-refractivity contribution is 4.74. The van der Waals surface area contributed by atoms with Crippen LogP contribution in [0.15, 0.2) is 0 Å². The van der Waals surface area contributed by atoms with E-state index in [0.717, 1.165) is 12.1 Å². The molecule has 3 nitrogen and oxygen atoms in total. The van der Waals surface area contributed by atoms with Crippen molar-refractivity contribution in [3.63, 3.8) is 0 Å². The lowest BCUT2D eigenvalue weighted by atomic mass is 9.95. The van der Waals surface area contributed by atoms with Gasteiger partial charge in [0.05, 0.1) is 0 Å². The lowest BCUT2D eigenvalue weighted by Crippen LogP contribution is -2.47. The van der Waals surface area contributed by atoms with E-state index in [-0.39, 0.29) is 2.85 Å². The van der Waals surface area contributed by atoms with Crippen LogP contribution in [0.5, 0.6) is 0 Å². The first-order valence-electron chi connectivity index (χ1n) is 9.61. The Labute approximate surface area is 134 Å². The molecule has 3 fully saturated rings. The van der Waals surface area contributed by atoms with Crippen LogP contribution in [-0.2, 0) is 0 Å². The Bertz CT molecular complexity index is 231. The topological polar surface area (TPSA) is 50.1 Å². The molecule has 128 valence electrons. The van der Waals surface area contributed by atoms with Gasteiger partial charge in [-0.1, -0.05) is 57.8 Å². The summed E-state index contributed by atoms with van der Waals surface area (Å²) >= 11 is 0. The molecule has 3 heteroatoms. The fourth-order valence-electron chi connectivity index (χ4n) is 3.86. The molecule has 3 aliphatic rings. The molecule has 0 heterocycles. The zero-order valence-corrected chi connectivity index (χ0v) is 13.9. The molecule has 0 aliphatic heterocycles. The third kappa shape index (κ3) is 7.62. The van der Waals surface area contributed by atoms with Crippen molar-refractivity contribution < 1.29 is 2.85 Å². The fourth-order valence-corrected chi connectivity index (χ4v) is 3.86. The molecule has 3 saturated carbocycles. The third-order valence-electron chi connectivity index (χ3n) is 5.35. The molecule has 0 aromatic heterocycles. The molecule has 0 amide bonds. The summed E-state index contributed by atoms with van der Waals surface area (Å²) in [6.07, 6.45) is 20.7. The van der Waals surface area contributed by atoms with Crippen LogP contribution in [0.3, 0.4) is 0 Å². The predicted octanol–water partition coefficient (Wildman–Crippen LogP) is 4.52. The van der Waals surface area contributed by atoms with Gasteiger partial charge in [0.2, 0.25) is 0 Å². The molecule has 21 heavy (non-hydrogen) atoms. The van der Waals surface area contributed by atoms with Gasteiger partial charge in [0.15, 0.2) is 0 Å². The molecule has 3 rings (SSSR count). The molecule has 0 saturated heterocycles. The van der Waals surface area contributed by atoms with E-state index in [2.05, 4.69) is 10.9 Å². The van der Waals surface area contributed by atoms with Gasteiger partial charge in [-0.15, -0.1) is 0 Å². The van der Waals surface area contributed by atoms with Crippen molar-refractivity contribution in [3.8, 4) is 0 Å². The average molecular weight is 300 g/mol. The largest absolute Gasteiger partial charge is 0.328 e. The minimum Gasteiger partial charge on any atom is -0.328 e. The standard InChI is InChI=1S/C12H24N2.C6H13N.2H2/c1-3-7-11(8-4-1)13-14-12-9-5-2-6-10-12;7-6-4-2-1-3-5-6;;/h11-14H,1-10H2;6H,1-5,7H2;2*1H. The average Bonchev–Trinajstić information content (AvgIpc) is 2.56. The van der Waals surface area contributed by atoms with E-state index in [0.29, 0.717) is 6.04 Å². The second kappa shape index (κ2) is 10.6. The van der Waals surface area contributed by atoms with E-state index in [4.69, 9.17) is 5.73 Å². The monoisotopic (exact) mass is 299 g/mol. The summed E-state index contributed by atoms with van der Waals surface area (Å²) in [5.74, 6) is 0. The quantitative estimate of drug-likeness (QED) is 0.672. The zero-order valence-electron chi connectivity index (χ0n) is 13.9. The van der Waals surface area contributed by atoms with Gasteiger partial charge in [-0.25, -0.2) is 0 Å². The van der Waals surface area contributed by atoms with Gasteiger partial charge in [0.1, 0.15) is 0 Å². The molecule has 0 spiro atoms. The van der Waals surface area contributed by atoms with Crippen LogP contribution >= 0.6 is 0 Å². The second-order valence-electron chi connectivity index (χ2n) is 7.36. The van der Waals surface area contributed by atoms with Crippen LogP contribution in [0.1, 0.15) is 99.2 Å². The molecular weight excluding hydrogens is 258 g/mol. The van der Waals surface area contributed by atoms with Crippen LogP contribution in [0.4, 0.5) is 0 Å². The number of nitrogens with one attached hydrogen (secondary N) is 2. The molecule has 0 aromatic rings. The minimum atomic E-state index is 0. The molecule has 3 aliphatic carbocycles. The first kappa shape index (κ1) is 17.2.